The Balaban J connectivity index is 3.59. The minimum Gasteiger partial charge on any atom is -0.382 e. The van der Waals surface area contributed by atoms with Crippen LogP contribution in [0, 0.1) is 0 Å². The summed E-state index contributed by atoms with van der Waals surface area (Å²) >= 11 is 0. The van der Waals surface area contributed by atoms with Crippen molar-refractivity contribution in [2.75, 3.05) is 13.7 Å². The Bertz CT molecular complexity index is 80.4. The van der Waals surface area contributed by atoms with Gasteiger partial charge in [0.2, 0.25) is 0 Å². The summed E-state index contributed by atoms with van der Waals surface area (Å²) in [6, 6.07) is 0. The second kappa shape index (κ2) is 3.03. The van der Waals surface area contributed by atoms with Crippen molar-refractivity contribution in [2.24, 2.45) is 0 Å². The number of alkyl halides is 3. The summed E-state index contributed by atoms with van der Waals surface area (Å²) in [5.41, 5.74) is 0. The van der Waals surface area contributed by atoms with Gasteiger partial charge in [0.15, 0.2) is 6.10 Å². The maximum absolute atomic E-state index is 11.3. The molecule has 0 saturated heterocycles. The number of aliphatic hydroxyl groups excluding tert-OH is 1. The molecule has 0 aromatic carbocycles. The number of aliphatic hydroxyl groups is 1. The molecular weight excluding hydrogens is 137 g/mol. The zero-order valence-electron chi connectivity index (χ0n) is 4.77. The molecule has 0 unspecified atom stereocenters. The predicted molar refractivity (Wildman–Crippen MR) is 23.9 cm³/mol. The highest BCUT2D eigenvalue weighted by atomic mass is 19.4. The average Bonchev–Trinajstić information content (AvgIpc) is 1.64. The lowest BCUT2D eigenvalue weighted by atomic mass is 10.4. The number of methoxy groups -OCH3 is 1. The van der Waals surface area contributed by atoms with Gasteiger partial charge in [-0.05, 0) is 0 Å². The molecule has 0 spiro atoms. The molecule has 56 valence electrons. The molecule has 0 aromatic rings. The van der Waals surface area contributed by atoms with Gasteiger partial charge in [0, 0.05) is 7.11 Å². The SMILES string of the molecule is COC[C@H](O)C(F)(F)F. The van der Waals surface area contributed by atoms with Crippen molar-refractivity contribution in [1.82, 2.24) is 0 Å². The highest BCUT2D eigenvalue weighted by Crippen LogP contribution is 2.19. The van der Waals surface area contributed by atoms with E-state index in [0.29, 0.717) is 0 Å². The summed E-state index contributed by atoms with van der Waals surface area (Å²) in [4.78, 5) is 0. The third-order valence-corrected chi connectivity index (χ3v) is 0.702. The first-order valence-corrected chi connectivity index (χ1v) is 2.22. The summed E-state index contributed by atoms with van der Waals surface area (Å²) in [7, 11) is 1.09. The first kappa shape index (κ1) is 8.71. The molecule has 0 fully saturated rings. The third kappa shape index (κ3) is 3.31. The van der Waals surface area contributed by atoms with Crippen LogP contribution in [-0.2, 0) is 4.74 Å². The molecule has 0 bridgehead atoms. The van der Waals surface area contributed by atoms with Gasteiger partial charge in [0.05, 0.1) is 6.61 Å². The van der Waals surface area contributed by atoms with Gasteiger partial charge >= 0.3 is 6.18 Å². The molecule has 5 heteroatoms. The number of hydrogen-bond acceptors (Lipinski definition) is 2. The molecule has 0 aliphatic rings. The summed E-state index contributed by atoms with van der Waals surface area (Å²) < 4.78 is 38.0. The molecule has 1 atom stereocenters. The minimum atomic E-state index is -4.56. The Kier molecular flexibility index (Phi) is 2.93. The lowest BCUT2D eigenvalue weighted by molar-refractivity contribution is -0.215. The van der Waals surface area contributed by atoms with Crippen LogP contribution in [0.1, 0.15) is 0 Å². The molecule has 2 nitrogen and oxygen atoms in total. The molecule has 0 aromatic heterocycles. The normalized spacial score (nSPS) is 15.7. The molecule has 1 N–H and O–H groups in total. The largest absolute Gasteiger partial charge is 0.416 e. The van der Waals surface area contributed by atoms with E-state index in [1.165, 1.54) is 0 Å². The lowest BCUT2D eigenvalue weighted by Gasteiger charge is -2.12. The summed E-state index contributed by atoms with van der Waals surface area (Å²) in [5, 5.41) is 8.14. The van der Waals surface area contributed by atoms with Crippen molar-refractivity contribution >= 4 is 0 Å². The summed E-state index contributed by atoms with van der Waals surface area (Å²) in [6.45, 7) is -0.705. The number of rotatable bonds is 2. The molecule has 0 aliphatic heterocycles. The van der Waals surface area contributed by atoms with Crippen molar-refractivity contribution in [3.63, 3.8) is 0 Å². The van der Waals surface area contributed by atoms with Crippen molar-refractivity contribution < 1.29 is 23.0 Å². The number of hydrogen-bond donors (Lipinski definition) is 1. The van der Waals surface area contributed by atoms with Gasteiger partial charge in [-0.15, -0.1) is 0 Å². The first-order valence-electron chi connectivity index (χ1n) is 2.22. The van der Waals surface area contributed by atoms with Crippen LogP contribution in [0.15, 0.2) is 0 Å². The fourth-order valence-electron chi connectivity index (χ4n) is 0.252. The molecule has 0 saturated carbocycles. The Morgan fingerprint density at radius 3 is 2.11 bits per heavy atom. The van der Waals surface area contributed by atoms with Crippen LogP contribution in [0.4, 0.5) is 13.2 Å². The van der Waals surface area contributed by atoms with E-state index >= 15 is 0 Å². The maximum Gasteiger partial charge on any atom is 0.416 e. The Labute approximate surface area is 50.2 Å². The van der Waals surface area contributed by atoms with Crippen LogP contribution < -0.4 is 0 Å². The smallest absolute Gasteiger partial charge is 0.382 e. The molecule has 0 heterocycles. The summed E-state index contributed by atoms with van der Waals surface area (Å²) in [5.74, 6) is 0. The van der Waals surface area contributed by atoms with Crippen LogP contribution in [0.25, 0.3) is 0 Å². The van der Waals surface area contributed by atoms with Crippen molar-refractivity contribution in [3.05, 3.63) is 0 Å². The average molecular weight is 144 g/mol. The highest BCUT2D eigenvalue weighted by Gasteiger charge is 2.37. The van der Waals surface area contributed by atoms with E-state index in [2.05, 4.69) is 4.74 Å². The van der Waals surface area contributed by atoms with Crippen molar-refractivity contribution in [3.8, 4) is 0 Å². The molecule has 9 heavy (non-hydrogen) atoms. The molecule has 0 aliphatic carbocycles. The molecule has 0 rings (SSSR count). The Morgan fingerprint density at radius 1 is 1.56 bits per heavy atom. The highest BCUT2D eigenvalue weighted by molar-refractivity contribution is 4.62. The van der Waals surface area contributed by atoms with Gasteiger partial charge in [-0.25, -0.2) is 0 Å². The van der Waals surface area contributed by atoms with Gasteiger partial charge in [-0.3, -0.25) is 0 Å². The van der Waals surface area contributed by atoms with Gasteiger partial charge in [0.25, 0.3) is 0 Å². The lowest BCUT2D eigenvalue weighted by Crippen LogP contribution is -2.32. The van der Waals surface area contributed by atoms with Crippen LogP contribution in [0.5, 0.6) is 0 Å². The van der Waals surface area contributed by atoms with Crippen LogP contribution in [0.2, 0.25) is 0 Å². The standard InChI is InChI=1S/C4H7F3O2/c1-9-2-3(8)4(5,6)7/h3,8H,2H2,1H3/t3-/m0/s1. The molecular formula is C4H7F3O2. The van der Waals surface area contributed by atoms with Crippen molar-refractivity contribution in [2.45, 2.75) is 12.3 Å². The van der Waals surface area contributed by atoms with E-state index in [1.54, 1.807) is 0 Å². The van der Waals surface area contributed by atoms with Crippen molar-refractivity contribution in [1.29, 1.82) is 0 Å². The first-order chi connectivity index (χ1) is 3.98. The zero-order chi connectivity index (χ0) is 7.49. The van der Waals surface area contributed by atoms with E-state index in [4.69, 9.17) is 5.11 Å². The number of halogens is 3. The molecule has 0 radical (unpaired) electrons. The summed E-state index contributed by atoms with van der Waals surface area (Å²) in [6.07, 6.45) is -6.92. The second-order valence-electron chi connectivity index (χ2n) is 1.51. The van der Waals surface area contributed by atoms with E-state index < -0.39 is 18.9 Å². The Morgan fingerprint density at radius 2 is 2.00 bits per heavy atom. The quantitative estimate of drug-likeness (QED) is 0.613. The van der Waals surface area contributed by atoms with Gasteiger partial charge < -0.3 is 9.84 Å². The molecule has 0 amide bonds. The monoisotopic (exact) mass is 144 g/mol. The zero-order valence-corrected chi connectivity index (χ0v) is 4.77. The Hall–Kier alpha value is -0.290. The fourth-order valence-corrected chi connectivity index (χ4v) is 0.252. The van der Waals surface area contributed by atoms with E-state index in [0.717, 1.165) is 7.11 Å². The van der Waals surface area contributed by atoms with E-state index in [-0.39, 0.29) is 0 Å². The fraction of sp³-hybridized carbons (Fsp3) is 1.00. The van der Waals surface area contributed by atoms with Crippen LogP contribution >= 0.6 is 0 Å². The van der Waals surface area contributed by atoms with Gasteiger partial charge in [0.1, 0.15) is 0 Å². The van der Waals surface area contributed by atoms with E-state index in [9.17, 15) is 13.2 Å². The van der Waals surface area contributed by atoms with Gasteiger partial charge in [-0.1, -0.05) is 0 Å². The maximum atomic E-state index is 11.3. The number of ether oxygens (including phenoxy) is 1. The second-order valence-corrected chi connectivity index (χ2v) is 1.51. The topological polar surface area (TPSA) is 29.5 Å². The third-order valence-electron chi connectivity index (χ3n) is 0.702. The minimum absolute atomic E-state index is 0.705. The van der Waals surface area contributed by atoms with E-state index in [1.807, 2.05) is 0 Å². The van der Waals surface area contributed by atoms with Crippen LogP contribution in [0.3, 0.4) is 0 Å². The van der Waals surface area contributed by atoms with Crippen LogP contribution in [-0.4, -0.2) is 31.1 Å². The van der Waals surface area contributed by atoms with Gasteiger partial charge in [-0.2, -0.15) is 13.2 Å². The predicted octanol–water partition coefficient (Wildman–Crippen LogP) is 0.556.